The van der Waals surface area contributed by atoms with E-state index in [9.17, 15) is 4.79 Å². The Morgan fingerprint density at radius 1 is 1.45 bits per heavy atom. The molecule has 2 bridgehead atoms. The summed E-state index contributed by atoms with van der Waals surface area (Å²) in [7, 11) is 0. The van der Waals surface area contributed by atoms with Gasteiger partial charge in [0.2, 0.25) is 0 Å². The first-order valence-corrected chi connectivity index (χ1v) is 3.69. The summed E-state index contributed by atoms with van der Waals surface area (Å²) in [5.74, 6) is -0.590. The predicted molar refractivity (Wildman–Crippen MR) is 36.9 cm³/mol. The first-order chi connectivity index (χ1) is 4.73. The van der Waals surface area contributed by atoms with E-state index in [4.69, 9.17) is 5.11 Å². The zero-order chi connectivity index (χ0) is 7.19. The average molecular weight is 275 g/mol. The van der Waals surface area contributed by atoms with E-state index in [1.807, 2.05) is 0 Å². The van der Waals surface area contributed by atoms with E-state index in [1.165, 1.54) is 0 Å². The number of hydrogen-bond acceptors (Lipinski definition) is 2. The van der Waals surface area contributed by atoms with Crippen LogP contribution in [0.2, 0.25) is 0 Å². The van der Waals surface area contributed by atoms with E-state index < -0.39 is 5.97 Å². The van der Waals surface area contributed by atoms with Crippen LogP contribution in [0.1, 0.15) is 14.3 Å². The molecule has 0 unspecified atom stereocenters. The molecule has 4 heteroatoms. The van der Waals surface area contributed by atoms with Crippen LogP contribution in [0.25, 0.3) is 0 Å². The summed E-state index contributed by atoms with van der Waals surface area (Å²) in [5.41, 5.74) is -0.347. The Hall–Kier alpha value is 1.48. The van der Waals surface area contributed by atoms with Crippen LogP contribution in [0.5, 0.6) is 0 Å². The summed E-state index contributed by atoms with van der Waals surface area (Å²) in [6.45, 7) is 2.78. The van der Waals surface area contributed by atoms with E-state index in [0.29, 0.717) is 0 Å². The molecular formula is C7H12CsNO2. The fourth-order valence-corrected chi connectivity index (χ4v) is 2.01. The molecule has 11 heavy (non-hydrogen) atoms. The predicted octanol–water partition coefficient (Wildman–Crippen LogP) is -2.72. The Labute approximate surface area is 126 Å². The van der Waals surface area contributed by atoms with Gasteiger partial charge in [0.1, 0.15) is 0 Å². The largest absolute Gasteiger partial charge is 1.00 e. The Balaban J connectivity index is 0.000000605. The van der Waals surface area contributed by atoms with Gasteiger partial charge in [-0.05, 0) is 25.9 Å². The van der Waals surface area contributed by atoms with Crippen LogP contribution in [-0.4, -0.2) is 35.6 Å². The Kier molecular flexibility index (Phi) is 3.55. The summed E-state index contributed by atoms with van der Waals surface area (Å²) < 4.78 is 0. The second-order valence-corrected chi connectivity index (χ2v) is 3.36. The standard InChI is InChI=1S/C7H11NO2.Cs.H/c9-6(10)7-1-3-8(5-7)4-2-7;;/h1-5H2,(H,9,10);;/q;+1;-1. The van der Waals surface area contributed by atoms with E-state index in [2.05, 4.69) is 4.90 Å². The summed E-state index contributed by atoms with van der Waals surface area (Å²) >= 11 is 0. The van der Waals surface area contributed by atoms with Crippen LogP contribution in [-0.2, 0) is 4.79 Å². The maximum Gasteiger partial charge on any atom is 1.00 e. The molecule has 58 valence electrons. The van der Waals surface area contributed by atoms with Crippen molar-refractivity contribution >= 4 is 5.97 Å². The van der Waals surface area contributed by atoms with Gasteiger partial charge in [-0.2, -0.15) is 0 Å². The summed E-state index contributed by atoms with van der Waals surface area (Å²) in [6, 6.07) is 0. The Morgan fingerprint density at radius 2 is 2.00 bits per heavy atom. The van der Waals surface area contributed by atoms with Crippen molar-refractivity contribution < 1.29 is 80.2 Å². The van der Waals surface area contributed by atoms with Gasteiger partial charge >= 0.3 is 74.9 Å². The van der Waals surface area contributed by atoms with E-state index in [1.54, 1.807) is 0 Å². The summed E-state index contributed by atoms with van der Waals surface area (Å²) in [4.78, 5) is 13.0. The number of carboxylic acid groups (broad SMARTS) is 1. The van der Waals surface area contributed by atoms with Crippen molar-refractivity contribution in [1.29, 1.82) is 0 Å². The third kappa shape index (κ3) is 1.72. The first kappa shape index (κ1) is 10.6. The molecule has 2 heterocycles. The van der Waals surface area contributed by atoms with Gasteiger partial charge in [-0.25, -0.2) is 0 Å². The van der Waals surface area contributed by atoms with Gasteiger partial charge in [-0.3, -0.25) is 4.79 Å². The number of aliphatic carboxylic acids is 1. The Morgan fingerprint density at radius 3 is 2.18 bits per heavy atom. The number of piperidine rings is 1. The fourth-order valence-electron chi connectivity index (χ4n) is 2.01. The summed E-state index contributed by atoms with van der Waals surface area (Å²) in [5, 5.41) is 8.86. The zero-order valence-electron chi connectivity index (χ0n) is 7.84. The Bertz CT molecular complexity index is 180. The molecule has 2 aliphatic heterocycles. The second kappa shape index (κ2) is 3.69. The molecule has 2 aliphatic rings. The third-order valence-electron chi connectivity index (χ3n) is 2.79. The van der Waals surface area contributed by atoms with Crippen molar-refractivity contribution in [3.63, 3.8) is 0 Å². The van der Waals surface area contributed by atoms with Crippen LogP contribution in [0.3, 0.4) is 0 Å². The van der Waals surface area contributed by atoms with Crippen molar-refractivity contribution in [2.75, 3.05) is 19.6 Å². The molecule has 0 aromatic rings. The van der Waals surface area contributed by atoms with Crippen molar-refractivity contribution in [1.82, 2.24) is 4.90 Å². The molecule has 0 aromatic carbocycles. The quantitative estimate of drug-likeness (QED) is 0.565. The normalized spacial score (nSPS) is 40.2. The van der Waals surface area contributed by atoms with Crippen LogP contribution >= 0.6 is 0 Å². The van der Waals surface area contributed by atoms with Gasteiger partial charge < -0.3 is 11.4 Å². The van der Waals surface area contributed by atoms with E-state index >= 15 is 0 Å². The van der Waals surface area contributed by atoms with Crippen molar-refractivity contribution in [3.8, 4) is 0 Å². The van der Waals surface area contributed by atoms with Crippen LogP contribution < -0.4 is 68.9 Å². The number of carboxylic acids is 1. The second-order valence-electron chi connectivity index (χ2n) is 3.36. The molecule has 2 saturated heterocycles. The SMILES string of the molecule is O=C(O)C12CCN(CC1)C2.[Cs+].[H-]. The average Bonchev–Trinajstić information content (AvgIpc) is 2.45. The number of fused-ring (bicyclic) bond motifs is 2. The van der Waals surface area contributed by atoms with E-state index in [-0.39, 0.29) is 75.7 Å². The molecule has 0 spiro atoms. The van der Waals surface area contributed by atoms with Crippen molar-refractivity contribution in [3.05, 3.63) is 0 Å². The molecule has 1 N–H and O–H groups in total. The number of nitrogens with zero attached hydrogens (tertiary/aromatic N) is 1. The van der Waals surface area contributed by atoms with Gasteiger partial charge in [0, 0.05) is 6.54 Å². The topological polar surface area (TPSA) is 40.5 Å². The van der Waals surface area contributed by atoms with Gasteiger partial charge in [0.05, 0.1) is 5.41 Å². The van der Waals surface area contributed by atoms with Crippen LogP contribution in [0.15, 0.2) is 0 Å². The van der Waals surface area contributed by atoms with Gasteiger partial charge in [-0.15, -0.1) is 0 Å². The maximum atomic E-state index is 10.8. The van der Waals surface area contributed by atoms with Crippen molar-refractivity contribution in [2.45, 2.75) is 12.8 Å². The molecule has 3 nitrogen and oxygen atoms in total. The fraction of sp³-hybridized carbons (Fsp3) is 0.857. The van der Waals surface area contributed by atoms with Crippen molar-refractivity contribution in [2.24, 2.45) is 5.41 Å². The third-order valence-corrected chi connectivity index (χ3v) is 2.79. The molecule has 2 fully saturated rings. The maximum absolute atomic E-state index is 10.8. The molecular weight excluding hydrogens is 263 g/mol. The smallest absolute Gasteiger partial charge is 1.00 e. The van der Waals surface area contributed by atoms with Crippen LogP contribution in [0, 0.1) is 5.41 Å². The molecule has 2 rings (SSSR count). The number of hydrogen-bond donors (Lipinski definition) is 1. The van der Waals surface area contributed by atoms with E-state index in [0.717, 1.165) is 32.5 Å². The molecule has 0 aliphatic carbocycles. The first-order valence-electron chi connectivity index (χ1n) is 3.69. The number of carbonyl (C=O) groups is 1. The minimum atomic E-state index is -0.590. The minimum Gasteiger partial charge on any atom is -1.00 e. The minimum absolute atomic E-state index is 0. The van der Waals surface area contributed by atoms with Crippen LogP contribution in [0.4, 0.5) is 0 Å². The molecule has 0 aromatic heterocycles. The molecule has 0 saturated carbocycles. The van der Waals surface area contributed by atoms with Gasteiger partial charge in [-0.1, -0.05) is 0 Å². The zero-order valence-corrected chi connectivity index (χ0v) is 13.1. The van der Waals surface area contributed by atoms with Gasteiger partial charge in [0.15, 0.2) is 0 Å². The monoisotopic (exact) mass is 275 g/mol. The summed E-state index contributed by atoms with van der Waals surface area (Å²) in [6.07, 6.45) is 1.73. The number of rotatable bonds is 1. The van der Waals surface area contributed by atoms with Gasteiger partial charge in [0.25, 0.3) is 0 Å². The molecule has 0 amide bonds. The molecule has 0 atom stereocenters. The molecule has 0 radical (unpaired) electrons.